The quantitative estimate of drug-likeness (QED) is 0.254. The zero-order chi connectivity index (χ0) is 27.1. The number of nitrogens with zero attached hydrogens (tertiary/aromatic N) is 2. The van der Waals surface area contributed by atoms with Gasteiger partial charge in [0.15, 0.2) is 11.2 Å². The van der Waals surface area contributed by atoms with Gasteiger partial charge in [0.25, 0.3) is 0 Å². The van der Waals surface area contributed by atoms with Gasteiger partial charge in [0, 0.05) is 21.9 Å². The third kappa shape index (κ3) is 5.49. The highest BCUT2D eigenvalue weighted by Gasteiger charge is 2.34. The molecule has 37 heavy (non-hydrogen) atoms. The molecule has 0 atom stereocenters. The van der Waals surface area contributed by atoms with Crippen LogP contribution < -0.4 is 4.74 Å². The molecule has 0 saturated carbocycles. The van der Waals surface area contributed by atoms with Crippen LogP contribution in [0.4, 0.5) is 13.2 Å². The first kappa shape index (κ1) is 26.7. The number of hydrogen-bond donors (Lipinski definition) is 1. The number of aryl methyl sites for hydroxylation is 3. The molecule has 1 N–H and O–H groups in total. The van der Waals surface area contributed by atoms with Crippen molar-refractivity contribution in [1.82, 2.24) is 10.1 Å². The fourth-order valence-corrected chi connectivity index (χ4v) is 5.25. The van der Waals surface area contributed by atoms with Crippen LogP contribution in [-0.2, 0) is 23.8 Å². The molecule has 10 heteroatoms. The molecule has 0 unspecified atom stereocenters. The number of benzene rings is 2. The van der Waals surface area contributed by atoms with E-state index in [-0.39, 0.29) is 11.5 Å². The number of aliphatic carboxylic acids is 1. The minimum Gasteiger partial charge on any atom is -0.478 e. The Morgan fingerprint density at radius 1 is 1.16 bits per heavy atom. The minimum atomic E-state index is -4.47. The first-order valence-electron chi connectivity index (χ1n) is 11.8. The summed E-state index contributed by atoms with van der Waals surface area (Å²) in [6.07, 6.45) is -3.44. The van der Waals surface area contributed by atoms with Gasteiger partial charge in [0.2, 0.25) is 0 Å². The standard InChI is InChI=1S/C27H27F3N2O4S/c1-14(2)23-22(37-24(31-23)16-8-6-7-9-18(16)27(28,29)30)11-10-19-17-12-15(3)20(13-21(17)36-32-19)35-26(4,5)25(33)34/h6-9,12-14H,10-11H2,1-5H3,(H,33,34). The fourth-order valence-electron chi connectivity index (χ4n) is 3.99. The number of aromatic nitrogens is 2. The maximum Gasteiger partial charge on any atom is 0.417 e. The maximum atomic E-state index is 13.6. The monoisotopic (exact) mass is 532 g/mol. The number of halogens is 3. The van der Waals surface area contributed by atoms with Crippen molar-refractivity contribution in [2.75, 3.05) is 0 Å². The number of ether oxygens (including phenoxy) is 1. The van der Waals surface area contributed by atoms with E-state index in [1.165, 1.54) is 37.3 Å². The Kier molecular flexibility index (Phi) is 7.07. The van der Waals surface area contributed by atoms with E-state index in [9.17, 15) is 23.1 Å². The van der Waals surface area contributed by atoms with E-state index in [0.717, 1.165) is 27.6 Å². The Balaban J connectivity index is 1.63. The van der Waals surface area contributed by atoms with Crippen LogP contribution in [0.2, 0.25) is 0 Å². The minimum absolute atomic E-state index is 0.0339. The molecule has 0 aliphatic heterocycles. The Bertz CT molecular complexity index is 1450. The average molecular weight is 533 g/mol. The molecule has 4 aromatic rings. The molecule has 0 aliphatic carbocycles. The molecule has 0 amide bonds. The van der Waals surface area contributed by atoms with E-state index in [1.54, 1.807) is 12.1 Å². The van der Waals surface area contributed by atoms with E-state index >= 15 is 0 Å². The normalized spacial score (nSPS) is 12.5. The Morgan fingerprint density at radius 3 is 2.51 bits per heavy atom. The Labute approximate surface area is 216 Å². The molecule has 0 fully saturated rings. The Hall–Kier alpha value is -3.40. The van der Waals surface area contributed by atoms with Gasteiger partial charge in [0.1, 0.15) is 10.8 Å². The largest absolute Gasteiger partial charge is 0.478 e. The highest BCUT2D eigenvalue weighted by Crippen LogP contribution is 2.40. The van der Waals surface area contributed by atoms with Gasteiger partial charge in [0.05, 0.1) is 17.0 Å². The van der Waals surface area contributed by atoms with Crippen molar-refractivity contribution in [1.29, 1.82) is 0 Å². The van der Waals surface area contributed by atoms with Crippen molar-refractivity contribution in [2.45, 2.75) is 65.2 Å². The van der Waals surface area contributed by atoms with Crippen molar-refractivity contribution in [2.24, 2.45) is 0 Å². The van der Waals surface area contributed by atoms with Gasteiger partial charge in [-0.15, -0.1) is 11.3 Å². The highest BCUT2D eigenvalue weighted by atomic mass is 32.1. The lowest BCUT2D eigenvalue weighted by molar-refractivity contribution is -0.152. The molecule has 0 aliphatic rings. The molecule has 2 aromatic carbocycles. The average Bonchev–Trinajstić information content (AvgIpc) is 3.41. The summed E-state index contributed by atoms with van der Waals surface area (Å²) in [7, 11) is 0. The number of carboxylic acids is 1. The lowest BCUT2D eigenvalue weighted by Gasteiger charge is -2.22. The van der Waals surface area contributed by atoms with Gasteiger partial charge in [-0.2, -0.15) is 13.2 Å². The number of carboxylic acid groups (broad SMARTS) is 1. The van der Waals surface area contributed by atoms with Gasteiger partial charge in [-0.1, -0.05) is 37.2 Å². The van der Waals surface area contributed by atoms with Gasteiger partial charge in [-0.3, -0.25) is 0 Å². The number of carbonyl (C=O) groups is 1. The third-order valence-corrected chi connectivity index (χ3v) is 7.21. The molecule has 0 radical (unpaired) electrons. The van der Waals surface area contributed by atoms with Gasteiger partial charge < -0.3 is 14.4 Å². The smallest absolute Gasteiger partial charge is 0.417 e. The second-order valence-electron chi connectivity index (χ2n) is 9.69. The van der Waals surface area contributed by atoms with Crippen LogP contribution in [0.1, 0.15) is 61.0 Å². The lowest BCUT2D eigenvalue weighted by Crippen LogP contribution is -2.38. The summed E-state index contributed by atoms with van der Waals surface area (Å²) in [5, 5.41) is 14.7. The van der Waals surface area contributed by atoms with Gasteiger partial charge in [-0.05, 0) is 57.2 Å². The van der Waals surface area contributed by atoms with Crippen LogP contribution in [0.3, 0.4) is 0 Å². The molecule has 0 saturated heterocycles. The van der Waals surface area contributed by atoms with E-state index in [2.05, 4.69) is 10.1 Å². The second-order valence-corrected chi connectivity index (χ2v) is 10.8. The van der Waals surface area contributed by atoms with Crippen LogP contribution in [0.5, 0.6) is 5.75 Å². The van der Waals surface area contributed by atoms with Crippen molar-refractivity contribution in [3.63, 3.8) is 0 Å². The molecule has 0 spiro atoms. The van der Waals surface area contributed by atoms with Crippen LogP contribution in [0, 0.1) is 6.92 Å². The molecule has 2 heterocycles. The van der Waals surface area contributed by atoms with Crippen molar-refractivity contribution < 1.29 is 32.3 Å². The van der Waals surface area contributed by atoms with Crippen LogP contribution in [-0.4, -0.2) is 26.8 Å². The van der Waals surface area contributed by atoms with E-state index in [4.69, 9.17) is 9.26 Å². The summed E-state index contributed by atoms with van der Waals surface area (Å²) in [5.74, 6) is -0.667. The van der Waals surface area contributed by atoms with E-state index in [0.29, 0.717) is 34.9 Å². The fraction of sp³-hybridized carbons (Fsp3) is 0.370. The summed E-state index contributed by atoms with van der Waals surface area (Å²) >= 11 is 1.27. The molecule has 4 rings (SSSR count). The summed E-state index contributed by atoms with van der Waals surface area (Å²) in [5.41, 5.74) is 0.626. The third-order valence-electron chi connectivity index (χ3n) is 6.05. The molecule has 2 aromatic heterocycles. The summed E-state index contributed by atoms with van der Waals surface area (Å²) in [4.78, 5) is 16.9. The number of thiazole rings is 1. The summed E-state index contributed by atoms with van der Waals surface area (Å²) in [6.45, 7) is 8.68. The number of alkyl halides is 3. The Morgan fingerprint density at radius 2 is 1.86 bits per heavy atom. The molecule has 196 valence electrons. The highest BCUT2D eigenvalue weighted by molar-refractivity contribution is 7.15. The first-order chi connectivity index (χ1) is 17.3. The zero-order valence-corrected chi connectivity index (χ0v) is 21.9. The van der Waals surface area contributed by atoms with Crippen LogP contribution >= 0.6 is 11.3 Å². The van der Waals surface area contributed by atoms with Crippen molar-refractivity contribution in [3.05, 3.63) is 63.8 Å². The lowest BCUT2D eigenvalue weighted by atomic mass is 10.0. The molecule has 0 bridgehead atoms. The topological polar surface area (TPSA) is 85.5 Å². The first-order valence-corrected chi connectivity index (χ1v) is 12.6. The molecular formula is C27H27F3N2O4S. The predicted octanol–water partition coefficient (Wildman–Crippen LogP) is 7.43. The summed E-state index contributed by atoms with van der Waals surface area (Å²) in [6, 6.07) is 8.96. The van der Waals surface area contributed by atoms with Gasteiger partial charge in [-0.25, -0.2) is 9.78 Å². The van der Waals surface area contributed by atoms with Crippen LogP contribution in [0.15, 0.2) is 40.9 Å². The molecular weight excluding hydrogens is 505 g/mol. The van der Waals surface area contributed by atoms with Crippen molar-refractivity contribution in [3.8, 4) is 16.3 Å². The van der Waals surface area contributed by atoms with E-state index in [1.807, 2.05) is 26.8 Å². The summed E-state index contributed by atoms with van der Waals surface area (Å²) < 4.78 is 52.0. The van der Waals surface area contributed by atoms with E-state index < -0.39 is 23.3 Å². The van der Waals surface area contributed by atoms with Crippen LogP contribution in [0.25, 0.3) is 21.5 Å². The number of fused-ring (bicyclic) bond motifs is 1. The van der Waals surface area contributed by atoms with Crippen molar-refractivity contribution >= 4 is 28.3 Å². The predicted molar refractivity (Wildman–Crippen MR) is 135 cm³/mol. The SMILES string of the molecule is Cc1cc2c(CCc3sc(-c4ccccc4C(F)(F)F)nc3C(C)C)noc2cc1OC(C)(C)C(=O)O. The second kappa shape index (κ2) is 9.81. The maximum absolute atomic E-state index is 13.6. The zero-order valence-electron chi connectivity index (χ0n) is 21.1. The molecule has 6 nitrogen and oxygen atoms in total. The van der Waals surface area contributed by atoms with Gasteiger partial charge >= 0.3 is 12.1 Å². The number of hydrogen-bond acceptors (Lipinski definition) is 6. The number of rotatable bonds is 8.